The van der Waals surface area contributed by atoms with Gasteiger partial charge in [-0.25, -0.2) is 4.99 Å². The van der Waals surface area contributed by atoms with Gasteiger partial charge in [-0.05, 0) is 44.7 Å². The van der Waals surface area contributed by atoms with Crippen LogP contribution in [0.15, 0.2) is 21.5 Å². The maximum atomic E-state index is 11.1. The topological polar surface area (TPSA) is 95.9 Å². The molecule has 1 amide bonds. The number of nitrogens with zero attached hydrogens (tertiary/aromatic N) is 2. The Kier molecular flexibility index (Phi) is 9.57. The first-order valence-corrected chi connectivity index (χ1v) is 10.3. The van der Waals surface area contributed by atoms with Crippen LogP contribution in [0, 0.1) is 0 Å². The molecule has 2 fully saturated rings. The fourth-order valence-electron chi connectivity index (χ4n) is 4.12. The molecule has 1 aliphatic heterocycles. The largest absolute Gasteiger partial charge is 0.454 e. The molecule has 0 radical (unpaired) electrons. The van der Waals surface area contributed by atoms with Crippen molar-refractivity contribution in [2.75, 3.05) is 19.6 Å². The summed E-state index contributed by atoms with van der Waals surface area (Å²) < 4.78 is 5.40. The first-order valence-electron chi connectivity index (χ1n) is 10.3. The van der Waals surface area contributed by atoms with Crippen LogP contribution in [-0.2, 0) is 6.54 Å². The Hall–Kier alpha value is -1.29. The van der Waals surface area contributed by atoms with Crippen LogP contribution in [0.1, 0.15) is 68.2 Å². The second kappa shape index (κ2) is 11.6. The molecule has 0 bridgehead atoms. The molecule has 0 atom stereocenters. The van der Waals surface area contributed by atoms with Crippen molar-refractivity contribution in [3.8, 4) is 0 Å². The molecule has 158 valence electrons. The maximum Gasteiger partial charge on any atom is 0.284 e. The molecule has 8 heteroatoms. The van der Waals surface area contributed by atoms with Gasteiger partial charge in [0.25, 0.3) is 5.91 Å². The molecule has 1 saturated heterocycles. The highest BCUT2D eigenvalue weighted by Crippen LogP contribution is 2.25. The third-order valence-electron chi connectivity index (χ3n) is 5.60. The van der Waals surface area contributed by atoms with E-state index in [4.69, 9.17) is 10.2 Å². The van der Waals surface area contributed by atoms with Crippen LogP contribution in [0.5, 0.6) is 0 Å². The number of likely N-dealkylation sites (tertiary alicyclic amines) is 1. The molecule has 1 aromatic heterocycles. The summed E-state index contributed by atoms with van der Waals surface area (Å²) in [7, 11) is 0. The lowest BCUT2D eigenvalue weighted by Gasteiger charge is -2.39. The summed E-state index contributed by atoms with van der Waals surface area (Å²) in [5, 5.41) is 6.86. The van der Waals surface area contributed by atoms with Crippen molar-refractivity contribution in [1.29, 1.82) is 0 Å². The number of primary amides is 1. The second-order valence-electron chi connectivity index (χ2n) is 7.57. The van der Waals surface area contributed by atoms with Crippen molar-refractivity contribution in [2.24, 2.45) is 10.7 Å². The summed E-state index contributed by atoms with van der Waals surface area (Å²) in [6, 6.07) is 4.59. The van der Waals surface area contributed by atoms with Gasteiger partial charge in [-0.3, -0.25) is 4.79 Å². The van der Waals surface area contributed by atoms with Crippen LogP contribution in [0.2, 0.25) is 0 Å². The van der Waals surface area contributed by atoms with Crippen molar-refractivity contribution in [3.05, 3.63) is 23.7 Å². The zero-order chi connectivity index (χ0) is 19.1. The normalized spacial score (nSPS) is 19.8. The van der Waals surface area contributed by atoms with Crippen molar-refractivity contribution < 1.29 is 9.21 Å². The maximum absolute atomic E-state index is 11.1. The monoisotopic (exact) mass is 503 g/mol. The third-order valence-corrected chi connectivity index (χ3v) is 5.60. The molecule has 0 unspecified atom stereocenters. The first-order chi connectivity index (χ1) is 13.2. The molecular weight excluding hydrogens is 469 g/mol. The number of hydrogen-bond acceptors (Lipinski definition) is 4. The lowest BCUT2D eigenvalue weighted by Crippen LogP contribution is -2.50. The molecule has 0 aromatic carbocycles. The average Bonchev–Trinajstić information content (AvgIpc) is 3.17. The van der Waals surface area contributed by atoms with E-state index in [1.54, 1.807) is 12.1 Å². The molecule has 2 aliphatic rings. The van der Waals surface area contributed by atoms with Crippen LogP contribution >= 0.6 is 24.0 Å². The Labute approximate surface area is 184 Å². The minimum atomic E-state index is -0.556. The number of amides is 1. The van der Waals surface area contributed by atoms with Gasteiger partial charge in [-0.1, -0.05) is 19.3 Å². The fourth-order valence-corrected chi connectivity index (χ4v) is 4.12. The molecule has 28 heavy (non-hydrogen) atoms. The standard InChI is InChI=1S/C20H33N5O2.HI/c1-2-22-20(23-14-17-8-9-18(27-17)19(21)26)24-15-10-12-25(13-11-15)16-6-4-3-5-7-16;/h8-9,15-16H,2-7,10-14H2,1H3,(H2,21,26)(H2,22,23,24);1H. The lowest BCUT2D eigenvalue weighted by atomic mass is 9.92. The highest BCUT2D eigenvalue weighted by Gasteiger charge is 2.26. The van der Waals surface area contributed by atoms with Crippen LogP contribution in [0.4, 0.5) is 0 Å². The zero-order valence-corrected chi connectivity index (χ0v) is 19.1. The van der Waals surface area contributed by atoms with Gasteiger partial charge in [0.15, 0.2) is 11.7 Å². The fraction of sp³-hybridized carbons (Fsp3) is 0.700. The summed E-state index contributed by atoms with van der Waals surface area (Å²) in [5.41, 5.74) is 5.22. The smallest absolute Gasteiger partial charge is 0.284 e. The minimum absolute atomic E-state index is 0. The zero-order valence-electron chi connectivity index (χ0n) is 16.8. The molecule has 1 aliphatic carbocycles. The Balaban J connectivity index is 0.00000280. The summed E-state index contributed by atoms with van der Waals surface area (Å²) in [4.78, 5) is 18.4. The van der Waals surface area contributed by atoms with E-state index in [-0.39, 0.29) is 29.7 Å². The van der Waals surface area contributed by atoms with Crippen LogP contribution in [0.3, 0.4) is 0 Å². The van der Waals surface area contributed by atoms with Crippen LogP contribution in [-0.4, -0.2) is 48.5 Å². The van der Waals surface area contributed by atoms with Gasteiger partial charge in [-0.2, -0.15) is 0 Å². The number of carbonyl (C=O) groups is 1. The van der Waals surface area contributed by atoms with E-state index in [2.05, 4.69) is 27.4 Å². The Morgan fingerprint density at radius 2 is 1.93 bits per heavy atom. The molecule has 4 N–H and O–H groups in total. The number of nitrogens with one attached hydrogen (secondary N) is 2. The van der Waals surface area contributed by atoms with Gasteiger partial charge in [0.2, 0.25) is 0 Å². The summed E-state index contributed by atoms with van der Waals surface area (Å²) >= 11 is 0. The van der Waals surface area contributed by atoms with Crippen molar-refractivity contribution in [1.82, 2.24) is 15.5 Å². The van der Waals surface area contributed by atoms with E-state index >= 15 is 0 Å². The van der Waals surface area contributed by atoms with Gasteiger partial charge in [0.05, 0.1) is 0 Å². The van der Waals surface area contributed by atoms with E-state index in [0.29, 0.717) is 18.3 Å². The number of piperidine rings is 1. The van der Waals surface area contributed by atoms with Gasteiger partial charge >= 0.3 is 0 Å². The lowest BCUT2D eigenvalue weighted by molar-refractivity contribution is 0.0972. The summed E-state index contributed by atoms with van der Waals surface area (Å²) in [6.07, 6.45) is 9.24. The number of furan rings is 1. The molecular formula is C20H34IN5O2. The third kappa shape index (κ3) is 6.65. The van der Waals surface area contributed by atoms with E-state index < -0.39 is 5.91 Å². The second-order valence-corrected chi connectivity index (χ2v) is 7.57. The highest BCUT2D eigenvalue weighted by molar-refractivity contribution is 14.0. The van der Waals surface area contributed by atoms with Crippen LogP contribution < -0.4 is 16.4 Å². The van der Waals surface area contributed by atoms with Gasteiger partial charge < -0.3 is 25.7 Å². The number of hydrogen-bond donors (Lipinski definition) is 3. The van der Waals surface area contributed by atoms with E-state index in [9.17, 15) is 4.79 Å². The Bertz CT molecular complexity index is 634. The van der Waals surface area contributed by atoms with E-state index in [0.717, 1.165) is 31.4 Å². The number of carbonyl (C=O) groups excluding carboxylic acids is 1. The van der Waals surface area contributed by atoms with E-state index in [1.807, 2.05) is 0 Å². The summed E-state index contributed by atoms with van der Waals surface area (Å²) in [5.74, 6) is 1.05. The predicted octanol–water partition coefficient (Wildman–Crippen LogP) is 2.85. The summed E-state index contributed by atoms with van der Waals surface area (Å²) in [6.45, 7) is 5.58. The molecule has 2 heterocycles. The van der Waals surface area contributed by atoms with Crippen LogP contribution in [0.25, 0.3) is 0 Å². The molecule has 7 nitrogen and oxygen atoms in total. The predicted molar refractivity (Wildman–Crippen MR) is 122 cm³/mol. The minimum Gasteiger partial charge on any atom is -0.454 e. The van der Waals surface area contributed by atoms with Gasteiger partial charge in [0.1, 0.15) is 12.3 Å². The Morgan fingerprint density at radius 1 is 1.21 bits per heavy atom. The number of aliphatic imine (C=N–C) groups is 1. The van der Waals surface area contributed by atoms with Crippen molar-refractivity contribution in [2.45, 2.75) is 70.5 Å². The molecule has 3 rings (SSSR count). The van der Waals surface area contributed by atoms with E-state index in [1.165, 1.54) is 45.2 Å². The molecule has 1 saturated carbocycles. The van der Waals surface area contributed by atoms with Crippen molar-refractivity contribution >= 4 is 35.8 Å². The first kappa shape index (κ1) is 23.0. The molecule has 1 aromatic rings. The highest BCUT2D eigenvalue weighted by atomic mass is 127. The number of guanidine groups is 1. The average molecular weight is 503 g/mol. The number of nitrogens with two attached hydrogens (primary N) is 1. The Morgan fingerprint density at radius 3 is 2.54 bits per heavy atom. The SMILES string of the molecule is CCNC(=NCc1ccc(C(N)=O)o1)NC1CCN(C2CCCCC2)CC1.I. The quantitative estimate of drug-likeness (QED) is 0.315. The van der Waals surface area contributed by atoms with Crippen molar-refractivity contribution in [3.63, 3.8) is 0 Å². The number of halogens is 1. The van der Waals surface area contributed by atoms with Gasteiger partial charge in [0, 0.05) is 31.7 Å². The number of rotatable bonds is 6. The van der Waals surface area contributed by atoms with Gasteiger partial charge in [-0.15, -0.1) is 24.0 Å². The molecule has 0 spiro atoms.